The van der Waals surface area contributed by atoms with Crippen molar-refractivity contribution in [3.8, 4) is 0 Å². The normalized spacial score (nSPS) is 14.1. The van der Waals surface area contributed by atoms with Crippen LogP contribution in [0.2, 0.25) is 0 Å². The van der Waals surface area contributed by atoms with Crippen LogP contribution in [-0.2, 0) is 4.79 Å². The molecule has 1 rings (SSSR count). The highest BCUT2D eigenvalue weighted by Gasteiger charge is 2.32. The van der Waals surface area contributed by atoms with Crippen molar-refractivity contribution in [1.29, 1.82) is 0 Å². The highest BCUT2D eigenvalue weighted by molar-refractivity contribution is 9.10. The molecule has 1 aromatic carbocycles. The van der Waals surface area contributed by atoms with Crippen LogP contribution in [0.5, 0.6) is 0 Å². The fourth-order valence-electron chi connectivity index (χ4n) is 1.67. The van der Waals surface area contributed by atoms with Crippen molar-refractivity contribution in [2.45, 2.75) is 43.9 Å². The second kappa shape index (κ2) is 6.80. The lowest BCUT2D eigenvalue weighted by Crippen LogP contribution is -2.36. The molecular weight excluding hydrogens is 278 g/mol. The number of rotatable bonds is 6. The first-order valence-corrected chi connectivity index (χ1v) is 6.97. The topological polar surface area (TPSA) is 29.1 Å². The van der Waals surface area contributed by atoms with Crippen LogP contribution in [0.4, 0.5) is 5.69 Å². The third kappa shape index (κ3) is 4.15. The van der Waals surface area contributed by atoms with Crippen LogP contribution in [0.25, 0.3) is 0 Å². The molecule has 3 heteroatoms. The summed E-state index contributed by atoms with van der Waals surface area (Å²) in [6, 6.07) is 9.59. The molecule has 0 unspecified atom stereocenters. The van der Waals surface area contributed by atoms with E-state index >= 15 is 0 Å². The summed E-state index contributed by atoms with van der Waals surface area (Å²) in [4.78, 5) is 12.2. The quantitative estimate of drug-likeness (QED) is 0.777. The zero-order valence-electron chi connectivity index (χ0n) is 10.5. The molecule has 0 saturated heterocycles. The third-order valence-corrected chi connectivity index (χ3v) is 4.24. The molecule has 0 aromatic heterocycles. The number of halogens is 1. The van der Waals surface area contributed by atoms with Crippen molar-refractivity contribution >= 4 is 27.5 Å². The number of anilines is 1. The highest BCUT2D eigenvalue weighted by atomic mass is 79.9. The lowest BCUT2D eigenvalue weighted by Gasteiger charge is -2.24. The fourth-order valence-corrected chi connectivity index (χ4v) is 2.05. The minimum absolute atomic E-state index is 0.0552. The first-order chi connectivity index (χ1) is 8.12. The van der Waals surface area contributed by atoms with Gasteiger partial charge < -0.3 is 5.32 Å². The number of alkyl halides is 1. The van der Waals surface area contributed by atoms with E-state index < -0.39 is 4.32 Å². The molecule has 1 N–H and O–H groups in total. The van der Waals surface area contributed by atoms with Crippen molar-refractivity contribution in [2.75, 3.05) is 5.32 Å². The molecule has 2 nitrogen and oxygen atoms in total. The van der Waals surface area contributed by atoms with Crippen LogP contribution in [0, 0.1) is 0 Å². The van der Waals surface area contributed by atoms with Crippen molar-refractivity contribution in [3.05, 3.63) is 30.3 Å². The van der Waals surface area contributed by atoms with Gasteiger partial charge in [-0.25, -0.2) is 0 Å². The Balaban J connectivity index is 2.66. The van der Waals surface area contributed by atoms with E-state index in [1.54, 1.807) is 0 Å². The van der Waals surface area contributed by atoms with Gasteiger partial charge in [0, 0.05) is 5.69 Å². The number of hydrogen-bond donors (Lipinski definition) is 1. The maximum Gasteiger partial charge on any atom is 0.241 e. The highest BCUT2D eigenvalue weighted by Crippen LogP contribution is 2.30. The Kier molecular flexibility index (Phi) is 5.69. The third-order valence-electron chi connectivity index (χ3n) is 2.93. The number of amides is 1. The maximum atomic E-state index is 12.2. The van der Waals surface area contributed by atoms with Gasteiger partial charge in [0.05, 0.1) is 0 Å². The fraction of sp³-hybridized carbons (Fsp3) is 0.500. The number of hydrogen-bond acceptors (Lipinski definition) is 1. The van der Waals surface area contributed by atoms with E-state index in [2.05, 4.69) is 28.2 Å². The van der Waals surface area contributed by atoms with E-state index in [4.69, 9.17) is 0 Å². The Morgan fingerprint density at radius 1 is 1.29 bits per heavy atom. The Bertz CT molecular complexity index is 352. The predicted molar refractivity (Wildman–Crippen MR) is 76.5 cm³/mol. The number of nitrogens with one attached hydrogen (secondary N) is 1. The molecule has 0 aliphatic rings. The van der Waals surface area contributed by atoms with Gasteiger partial charge in [-0.05, 0) is 25.0 Å². The van der Waals surface area contributed by atoms with Gasteiger partial charge >= 0.3 is 0 Å². The molecule has 1 amide bonds. The minimum atomic E-state index is -0.432. The zero-order chi connectivity index (χ0) is 12.7. The van der Waals surface area contributed by atoms with Gasteiger partial charge in [-0.15, -0.1) is 0 Å². The van der Waals surface area contributed by atoms with Crippen molar-refractivity contribution < 1.29 is 4.79 Å². The molecule has 0 radical (unpaired) electrons. The number of unbranched alkanes of at least 4 members (excludes halogenated alkanes) is 1. The molecule has 0 bridgehead atoms. The van der Waals surface area contributed by atoms with E-state index in [1.807, 2.05) is 37.3 Å². The lowest BCUT2D eigenvalue weighted by atomic mass is 9.98. The zero-order valence-corrected chi connectivity index (χ0v) is 12.1. The second-order valence-electron chi connectivity index (χ2n) is 4.24. The van der Waals surface area contributed by atoms with Crippen molar-refractivity contribution in [1.82, 2.24) is 0 Å². The maximum absolute atomic E-state index is 12.2. The Labute approximate surface area is 112 Å². The molecule has 94 valence electrons. The van der Waals surface area contributed by atoms with Crippen LogP contribution in [0.3, 0.4) is 0 Å². The van der Waals surface area contributed by atoms with Crippen LogP contribution in [-0.4, -0.2) is 10.2 Å². The molecule has 0 aliphatic heterocycles. The molecule has 0 heterocycles. The van der Waals surface area contributed by atoms with Gasteiger partial charge in [0.15, 0.2) is 0 Å². The summed E-state index contributed by atoms with van der Waals surface area (Å²) in [5, 5.41) is 2.96. The number of carbonyl (C=O) groups is 1. The Hall–Kier alpha value is -0.830. The van der Waals surface area contributed by atoms with Gasteiger partial charge in [-0.3, -0.25) is 4.79 Å². The van der Waals surface area contributed by atoms with Gasteiger partial charge in [0.2, 0.25) is 5.91 Å². The molecular formula is C14H20BrNO. The number of benzene rings is 1. The van der Waals surface area contributed by atoms with Crippen LogP contribution < -0.4 is 5.32 Å². The van der Waals surface area contributed by atoms with Crippen LogP contribution in [0.1, 0.15) is 39.5 Å². The molecule has 0 spiro atoms. The van der Waals surface area contributed by atoms with E-state index in [1.165, 1.54) is 0 Å². The predicted octanol–water partition coefficient (Wildman–Crippen LogP) is 4.36. The van der Waals surface area contributed by atoms with E-state index in [-0.39, 0.29) is 5.91 Å². The van der Waals surface area contributed by atoms with Crippen molar-refractivity contribution in [3.63, 3.8) is 0 Å². The summed E-state index contributed by atoms with van der Waals surface area (Å²) in [5.41, 5.74) is 0.853. The first kappa shape index (κ1) is 14.2. The molecule has 0 aliphatic carbocycles. The van der Waals surface area contributed by atoms with Gasteiger partial charge in [-0.1, -0.05) is 60.8 Å². The summed E-state index contributed by atoms with van der Waals surface area (Å²) in [5.74, 6) is 0.0552. The summed E-state index contributed by atoms with van der Waals surface area (Å²) in [6.45, 7) is 4.17. The van der Waals surface area contributed by atoms with Crippen molar-refractivity contribution in [2.24, 2.45) is 0 Å². The average Bonchev–Trinajstić information content (AvgIpc) is 2.37. The largest absolute Gasteiger partial charge is 0.325 e. The average molecular weight is 298 g/mol. The Morgan fingerprint density at radius 2 is 1.94 bits per heavy atom. The monoisotopic (exact) mass is 297 g/mol. The molecule has 1 aromatic rings. The van der Waals surface area contributed by atoms with E-state index in [9.17, 15) is 4.79 Å². The summed E-state index contributed by atoms with van der Waals surface area (Å²) < 4.78 is -0.432. The molecule has 17 heavy (non-hydrogen) atoms. The summed E-state index contributed by atoms with van der Waals surface area (Å²) in [7, 11) is 0. The smallest absolute Gasteiger partial charge is 0.241 e. The second-order valence-corrected chi connectivity index (χ2v) is 5.76. The lowest BCUT2D eigenvalue weighted by molar-refractivity contribution is -0.118. The first-order valence-electron chi connectivity index (χ1n) is 6.18. The number of carbonyl (C=O) groups excluding carboxylic acids is 1. The van der Waals surface area contributed by atoms with Crippen LogP contribution >= 0.6 is 15.9 Å². The SMILES string of the molecule is CCCC[C@@](Br)(CC)C(=O)Nc1ccccc1. The van der Waals surface area contributed by atoms with Gasteiger partial charge in [-0.2, -0.15) is 0 Å². The summed E-state index contributed by atoms with van der Waals surface area (Å²) in [6.07, 6.45) is 3.83. The molecule has 0 saturated carbocycles. The van der Waals surface area contributed by atoms with Crippen LogP contribution in [0.15, 0.2) is 30.3 Å². The van der Waals surface area contributed by atoms with E-state index in [0.717, 1.165) is 31.4 Å². The summed E-state index contributed by atoms with van der Waals surface area (Å²) >= 11 is 3.60. The molecule has 1 atom stereocenters. The molecule has 0 fully saturated rings. The van der Waals surface area contributed by atoms with E-state index in [0.29, 0.717) is 0 Å². The minimum Gasteiger partial charge on any atom is -0.325 e. The Morgan fingerprint density at radius 3 is 2.47 bits per heavy atom. The van der Waals surface area contributed by atoms with Gasteiger partial charge in [0.1, 0.15) is 4.32 Å². The standard InChI is InChI=1S/C14H20BrNO/c1-3-5-11-14(15,4-2)13(17)16-12-9-7-6-8-10-12/h6-10H,3-5,11H2,1-2H3,(H,16,17)/t14-/m0/s1. The van der Waals surface area contributed by atoms with Gasteiger partial charge in [0.25, 0.3) is 0 Å². The number of para-hydroxylation sites is 1.